The summed E-state index contributed by atoms with van der Waals surface area (Å²) in [5, 5.41) is 9.84. The van der Waals surface area contributed by atoms with Crippen molar-refractivity contribution < 1.29 is 26.7 Å². The lowest BCUT2D eigenvalue weighted by Gasteiger charge is -2.42. The van der Waals surface area contributed by atoms with Gasteiger partial charge in [0.15, 0.2) is 5.60 Å². The molecule has 1 unspecified atom stereocenters. The number of alkyl halides is 3. The van der Waals surface area contributed by atoms with Crippen molar-refractivity contribution in [3.05, 3.63) is 54.1 Å². The quantitative estimate of drug-likeness (QED) is 0.579. The van der Waals surface area contributed by atoms with Gasteiger partial charge in [-0.05, 0) is 36.8 Å². The number of rotatable bonds is 5. The van der Waals surface area contributed by atoms with Gasteiger partial charge in [0, 0.05) is 36.8 Å². The minimum atomic E-state index is -4.81. The molecule has 11 heteroatoms. The third-order valence-corrected chi connectivity index (χ3v) is 7.98. The molecule has 0 amide bonds. The average molecular weight is 476 g/mol. The van der Waals surface area contributed by atoms with Gasteiger partial charge < -0.3 is 15.7 Å². The summed E-state index contributed by atoms with van der Waals surface area (Å²) in [5.41, 5.74) is 3.25. The molecule has 1 aliphatic rings. The molecule has 3 rings (SSSR count). The number of halogens is 3. The first-order valence-electron chi connectivity index (χ1n) is 9.54. The molecule has 2 atom stereocenters. The fourth-order valence-corrected chi connectivity index (χ4v) is 5.60. The summed E-state index contributed by atoms with van der Waals surface area (Å²) in [6.07, 6.45) is -4.81. The molecule has 0 spiro atoms. The van der Waals surface area contributed by atoms with E-state index >= 15 is 0 Å². The Hall–Kier alpha value is -1.79. The minimum absolute atomic E-state index is 0.112. The highest BCUT2D eigenvalue weighted by atomic mass is 32.2. The van der Waals surface area contributed by atoms with E-state index in [9.17, 15) is 26.7 Å². The zero-order valence-electron chi connectivity index (χ0n) is 16.7. The van der Waals surface area contributed by atoms with Crippen molar-refractivity contribution in [3.63, 3.8) is 0 Å². The predicted octanol–water partition coefficient (Wildman–Crippen LogP) is 2.58. The number of thiol groups is 1. The van der Waals surface area contributed by atoms with Gasteiger partial charge in [-0.3, -0.25) is 0 Å². The maximum Gasteiger partial charge on any atom is 0.421 e. The van der Waals surface area contributed by atoms with E-state index < -0.39 is 21.8 Å². The molecular weight excluding hydrogens is 451 g/mol. The van der Waals surface area contributed by atoms with Gasteiger partial charge in [0.05, 0.1) is 10.9 Å². The molecule has 1 aliphatic heterocycles. The van der Waals surface area contributed by atoms with E-state index in [0.29, 0.717) is 24.1 Å². The van der Waals surface area contributed by atoms with Crippen LogP contribution in [0, 0.1) is 0 Å². The molecular formula is C20H24F3N3O3S2. The van der Waals surface area contributed by atoms with Crippen molar-refractivity contribution in [3.8, 4) is 0 Å². The monoisotopic (exact) mass is 475 g/mol. The summed E-state index contributed by atoms with van der Waals surface area (Å²) >= 11 is 4.24. The summed E-state index contributed by atoms with van der Waals surface area (Å²) in [5.74, 6) is 0. The third-order valence-electron chi connectivity index (χ3n) is 5.51. The van der Waals surface area contributed by atoms with Gasteiger partial charge >= 0.3 is 6.18 Å². The number of hydrogen-bond acceptors (Lipinski definition) is 6. The highest BCUT2D eigenvalue weighted by Crippen LogP contribution is 2.39. The third kappa shape index (κ3) is 4.56. The van der Waals surface area contributed by atoms with Crippen LogP contribution in [0.25, 0.3) is 0 Å². The van der Waals surface area contributed by atoms with Gasteiger partial charge in [-0.25, -0.2) is 8.42 Å². The Morgan fingerprint density at radius 1 is 1.13 bits per heavy atom. The number of nitrogens with two attached hydrogens (primary N) is 1. The van der Waals surface area contributed by atoms with Crippen molar-refractivity contribution in [2.75, 3.05) is 31.1 Å². The van der Waals surface area contributed by atoms with Crippen molar-refractivity contribution in [2.24, 2.45) is 5.73 Å². The van der Waals surface area contributed by atoms with E-state index in [0.717, 1.165) is 0 Å². The van der Waals surface area contributed by atoms with Crippen LogP contribution in [-0.4, -0.2) is 56.2 Å². The predicted molar refractivity (Wildman–Crippen MR) is 115 cm³/mol. The van der Waals surface area contributed by atoms with Crippen molar-refractivity contribution in [1.82, 2.24) is 4.31 Å². The Labute approximate surface area is 184 Å². The molecule has 1 saturated heterocycles. The van der Waals surface area contributed by atoms with Crippen LogP contribution in [0.5, 0.6) is 0 Å². The van der Waals surface area contributed by atoms with E-state index in [4.69, 9.17) is 5.73 Å². The van der Waals surface area contributed by atoms with Crippen LogP contribution < -0.4 is 10.6 Å². The fraction of sp³-hybridized carbons (Fsp3) is 0.400. The molecule has 170 valence electrons. The van der Waals surface area contributed by atoms with E-state index in [1.54, 1.807) is 18.2 Å². The standard InChI is InChI=1S/C20H24F3N3O3S2/c1-19(27,20(21,22)23)14-6-8-15(9-7-14)26-11-10-25(13-16(26)12-24)31(28,29)18-5-3-2-4-17(18)30/h2-9,16,27,30H,10-13,24H2,1H3/t16-,19?/m0/s1. The smallest absolute Gasteiger partial charge is 0.376 e. The lowest BCUT2D eigenvalue weighted by molar-refractivity contribution is -0.258. The summed E-state index contributed by atoms with van der Waals surface area (Å²) in [6.45, 7) is 1.47. The Bertz CT molecular complexity index is 1030. The number of benzene rings is 2. The molecule has 2 aromatic rings. The van der Waals surface area contributed by atoms with Crippen molar-refractivity contribution in [2.45, 2.75) is 34.5 Å². The molecule has 0 bridgehead atoms. The molecule has 3 N–H and O–H groups in total. The highest BCUT2D eigenvalue weighted by molar-refractivity contribution is 7.90. The van der Waals surface area contributed by atoms with Crippen LogP contribution in [-0.2, 0) is 15.6 Å². The first-order chi connectivity index (χ1) is 14.4. The Kier molecular flexibility index (Phi) is 6.64. The number of hydrogen-bond donors (Lipinski definition) is 3. The molecule has 6 nitrogen and oxygen atoms in total. The molecule has 31 heavy (non-hydrogen) atoms. The number of aliphatic hydroxyl groups is 1. The Balaban J connectivity index is 1.81. The molecule has 0 radical (unpaired) electrons. The maximum atomic E-state index is 13.1. The van der Waals surface area contributed by atoms with Crippen molar-refractivity contribution in [1.29, 1.82) is 0 Å². The molecule has 0 aliphatic carbocycles. The summed E-state index contributed by atoms with van der Waals surface area (Å²) in [6, 6.07) is 11.4. The second-order valence-electron chi connectivity index (χ2n) is 7.53. The first kappa shape index (κ1) is 23.9. The Morgan fingerprint density at radius 3 is 2.29 bits per heavy atom. The van der Waals surface area contributed by atoms with Crippen LogP contribution in [0.15, 0.2) is 58.3 Å². The van der Waals surface area contributed by atoms with Crippen LogP contribution in [0.3, 0.4) is 0 Å². The minimum Gasteiger partial charge on any atom is -0.376 e. The zero-order valence-corrected chi connectivity index (χ0v) is 18.5. The van der Waals surface area contributed by atoms with Gasteiger partial charge in [-0.15, -0.1) is 12.6 Å². The normalized spacial score (nSPS) is 20.5. The lowest BCUT2D eigenvalue weighted by Crippen LogP contribution is -2.57. The number of sulfonamides is 1. The lowest BCUT2D eigenvalue weighted by atomic mass is 9.95. The van der Waals surface area contributed by atoms with Crippen LogP contribution >= 0.6 is 12.6 Å². The van der Waals surface area contributed by atoms with Crippen LogP contribution in [0.2, 0.25) is 0 Å². The topological polar surface area (TPSA) is 86.9 Å². The van der Waals surface area contributed by atoms with Crippen LogP contribution in [0.4, 0.5) is 18.9 Å². The van der Waals surface area contributed by atoms with Gasteiger partial charge in [0.2, 0.25) is 10.0 Å². The van der Waals surface area contributed by atoms with E-state index in [2.05, 4.69) is 12.6 Å². The average Bonchev–Trinajstić information content (AvgIpc) is 2.72. The van der Waals surface area contributed by atoms with E-state index in [1.165, 1.54) is 34.6 Å². The Morgan fingerprint density at radius 2 is 1.74 bits per heavy atom. The molecule has 1 heterocycles. The molecule has 0 aromatic heterocycles. The molecule has 2 aromatic carbocycles. The molecule has 1 fully saturated rings. The second-order valence-corrected chi connectivity index (χ2v) is 9.92. The maximum absolute atomic E-state index is 13.1. The van der Waals surface area contributed by atoms with Crippen LogP contribution in [0.1, 0.15) is 12.5 Å². The van der Waals surface area contributed by atoms with Gasteiger partial charge in [0.25, 0.3) is 0 Å². The number of piperazine rings is 1. The van der Waals surface area contributed by atoms with Gasteiger partial charge in [0.1, 0.15) is 0 Å². The SMILES string of the molecule is CC(O)(c1ccc(N2CCN(S(=O)(=O)c3ccccc3S)C[C@@H]2CN)cc1)C(F)(F)F. The zero-order chi connectivity index (χ0) is 23.0. The summed E-state index contributed by atoms with van der Waals surface area (Å²) in [4.78, 5) is 2.33. The highest BCUT2D eigenvalue weighted by Gasteiger charge is 2.51. The summed E-state index contributed by atoms with van der Waals surface area (Å²) < 4.78 is 66.6. The molecule has 0 saturated carbocycles. The first-order valence-corrected chi connectivity index (χ1v) is 11.4. The number of nitrogens with zero attached hydrogens (tertiary/aromatic N) is 2. The number of anilines is 1. The van der Waals surface area contributed by atoms with Gasteiger partial charge in [-0.1, -0.05) is 24.3 Å². The van der Waals surface area contributed by atoms with Gasteiger partial charge in [-0.2, -0.15) is 17.5 Å². The second kappa shape index (κ2) is 8.62. The van der Waals surface area contributed by atoms with E-state index in [1.807, 2.05) is 4.90 Å². The van der Waals surface area contributed by atoms with E-state index in [-0.39, 0.29) is 36.1 Å². The largest absolute Gasteiger partial charge is 0.421 e. The van der Waals surface area contributed by atoms with Crippen molar-refractivity contribution >= 4 is 28.3 Å². The summed E-state index contributed by atoms with van der Waals surface area (Å²) in [7, 11) is -3.77. The fourth-order valence-electron chi connectivity index (χ4n) is 3.54.